The van der Waals surface area contributed by atoms with Crippen LogP contribution in [-0.4, -0.2) is 48.6 Å². The summed E-state index contributed by atoms with van der Waals surface area (Å²) in [5, 5.41) is 3.55. The molecule has 0 saturated carbocycles. The molecule has 3 aromatic rings. The molecular weight excluding hydrogens is 472 g/mol. The predicted molar refractivity (Wildman–Crippen MR) is 134 cm³/mol. The van der Waals surface area contributed by atoms with Crippen LogP contribution in [0.3, 0.4) is 0 Å². The molecule has 1 aliphatic heterocycles. The van der Waals surface area contributed by atoms with Gasteiger partial charge < -0.3 is 15.0 Å². The molecule has 184 valence electrons. The second-order valence-corrected chi connectivity index (χ2v) is 9.08. The summed E-state index contributed by atoms with van der Waals surface area (Å²) in [6, 6.07) is 18.6. The Balaban J connectivity index is 1.37. The van der Waals surface area contributed by atoms with Gasteiger partial charge in [0.1, 0.15) is 11.6 Å². The van der Waals surface area contributed by atoms with Gasteiger partial charge in [0.15, 0.2) is 0 Å². The molecule has 1 heterocycles. The lowest BCUT2D eigenvalue weighted by molar-refractivity contribution is 0.00376. The van der Waals surface area contributed by atoms with Crippen molar-refractivity contribution in [2.75, 3.05) is 38.0 Å². The quantitative estimate of drug-likeness (QED) is 0.431. The van der Waals surface area contributed by atoms with E-state index in [0.29, 0.717) is 37.7 Å². The number of piperazine rings is 1. The molecule has 0 spiro atoms. The fourth-order valence-corrected chi connectivity index (χ4v) is 4.21. The lowest BCUT2D eigenvalue weighted by Gasteiger charge is -2.36. The van der Waals surface area contributed by atoms with Gasteiger partial charge in [0.05, 0.1) is 12.7 Å². The van der Waals surface area contributed by atoms with E-state index < -0.39 is 17.7 Å². The molecule has 0 aliphatic carbocycles. The minimum Gasteiger partial charge on any atom is -0.367 e. The Labute approximate surface area is 209 Å². The predicted octanol–water partition coefficient (Wildman–Crippen LogP) is 6.03. The number of nitrogens with one attached hydrogen (secondary N) is 1. The van der Waals surface area contributed by atoms with E-state index in [1.807, 2.05) is 43.3 Å². The maximum Gasteiger partial charge on any atom is 0.321 e. The van der Waals surface area contributed by atoms with Crippen LogP contribution in [0, 0.1) is 18.6 Å². The average molecular weight is 500 g/mol. The Kier molecular flexibility index (Phi) is 8.33. The number of hydrogen-bond acceptors (Lipinski definition) is 3. The van der Waals surface area contributed by atoms with E-state index in [-0.39, 0.29) is 18.2 Å². The van der Waals surface area contributed by atoms with Crippen molar-refractivity contribution in [3.05, 3.63) is 100 Å². The van der Waals surface area contributed by atoms with Gasteiger partial charge in [-0.3, -0.25) is 4.90 Å². The standard InChI is InChI=1S/C27H28ClF2N3O2/c1-19-4-2-5-22(16-19)31-27(34)33-14-12-32(13-15-33)17-26(20-8-10-21(28)11-9-20)35-18-23-24(29)6-3-7-25(23)30/h2-11,16,26H,12-15,17-18H2,1H3,(H,31,34)/t26-/m0/s1. The first-order chi connectivity index (χ1) is 16.9. The molecular formula is C27H28ClF2N3O2. The zero-order valence-corrected chi connectivity index (χ0v) is 20.3. The molecule has 1 N–H and O–H groups in total. The van der Waals surface area contributed by atoms with E-state index in [4.69, 9.17) is 16.3 Å². The van der Waals surface area contributed by atoms with Crippen LogP contribution < -0.4 is 5.32 Å². The summed E-state index contributed by atoms with van der Waals surface area (Å²) in [7, 11) is 0. The van der Waals surface area contributed by atoms with E-state index in [9.17, 15) is 13.6 Å². The molecule has 0 unspecified atom stereocenters. The molecule has 1 saturated heterocycles. The van der Waals surface area contributed by atoms with Crippen molar-refractivity contribution >= 4 is 23.3 Å². The van der Waals surface area contributed by atoms with Crippen LogP contribution in [0.25, 0.3) is 0 Å². The molecule has 4 rings (SSSR count). The van der Waals surface area contributed by atoms with E-state index in [1.165, 1.54) is 18.2 Å². The van der Waals surface area contributed by atoms with Gasteiger partial charge in [0.2, 0.25) is 0 Å². The monoisotopic (exact) mass is 499 g/mol. The zero-order chi connectivity index (χ0) is 24.8. The molecule has 5 nitrogen and oxygen atoms in total. The molecule has 3 aromatic carbocycles. The third-order valence-corrected chi connectivity index (χ3v) is 6.34. The summed E-state index contributed by atoms with van der Waals surface area (Å²) in [6.45, 7) is 4.75. The largest absolute Gasteiger partial charge is 0.367 e. The van der Waals surface area contributed by atoms with Gasteiger partial charge in [-0.25, -0.2) is 13.6 Å². The number of carbonyl (C=O) groups excluding carboxylic acids is 1. The number of hydrogen-bond donors (Lipinski definition) is 1. The average Bonchev–Trinajstić information content (AvgIpc) is 2.84. The Bertz CT molecular complexity index is 1130. The van der Waals surface area contributed by atoms with Crippen LogP contribution in [0.5, 0.6) is 0 Å². The first-order valence-electron chi connectivity index (χ1n) is 11.5. The Morgan fingerprint density at radius 2 is 1.66 bits per heavy atom. The fraction of sp³-hybridized carbons (Fsp3) is 0.296. The van der Waals surface area contributed by atoms with Gasteiger partial charge in [0.25, 0.3) is 0 Å². The van der Waals surface area contributed by atoms with Crippen LogP contribution >= 0.6 is 11.6 Å². The first kappa shape index (κ1) is 25.1. The first-order valence-corrected chi connectivity index (χ1v) is 11.9. The van der Waals surface area contributed by atoms with Crippen LogP contribution in [-0.2, 0) is 11.3 Å². The van der Waals surface area contributed by atoms with Crippen LogP contribution in [0.4, 0.5) is 19.3 Å². The third-order valence-electron chi connectivity index (χ3n) is 6.09. The second kappa shape index (κ2) is 11.6. The Morgan fingerprint density at radius 3 is 2.31 bits per heavy atom. The maximum absolute atomic E-state index is 14.1. The summed E-state index contributed by atoms with van der Waals surface area (Å²) in [5.41, 5.74) is 2.63. The molecule has 0 aromatic heterocycles. The number of anilines is 1. The van der Waals surface area contributed by atoms with Crippen molar-refractivity contribution in [1.82, 2.24) is 9.80 Å². The number of carbonyl (C=O) groups is 1. The summed E-state index contributed by atoms with van der Waals surface area (Å²) in [4.78, 5) is 16.6. The van der Waals surface area contributed by atoms with Crippen LogP contribution in [0.1, 0.15) is 22.8 Å². The topological polar surface area (TPSA) is 44.8 Å². The van der Waals surface area contributed by atoms with Gasteiger partial charge in [-0.05, 0) is 54.4 Å². The van der Waals surface area contributed by atoms with Crippen molar-refractivity contribution in [3.8, 4) is 0 Å². The van der Waals surface area contributed by atoms with Crippen molar-refractivity contribution in [2.24, 2.45) is 0 Å². The van der Waals surface area contributed by atoms with E-state index in [0.717, 1.165) is 16.8 Å². The number of benzene rings is 3. The van der Waals surface area contributed by atoms with Gasteiger partial charge >= 0.3 is 6.03 Å². The van der Waals surface area contributed by atoms with Crippen molar-refractivity contribution in [1.29, 1.82) is 0 Å². The van der Waals surface area contributed by atoms with Crippen LogP contribution in [0.2, 0.25) is 5.02 Å². The minimum atomic E-state index is -0.631. The Morgan fingerprint density at radius 1 is 1.00 bits per heavy atom. The van der Waals surface area contributed by atoms with E-state index >= 15 is 0 Å². The van der Waals surface area contributed by atoms with E-state index in [1.54, 1.807) is 17.0 Å². The molecule has 1 aliphatic rings. The summed E-state index contributed by atoms with van der Waals surface area (Å²) in [6.07, 6.45) is -0.418. The highest BCUT2D eigenvalue weighted by Crippen LogP contribution is 2.25. The molecule has 0 bridgehead atoms. The molecule has 2 amide bonds. The summed E-state index contributed by atoms with van der Waals surface area (Å²) >= 11 is 6.04. The highest BCUT2D eigenvalue weighted by atomic mass is 35.5. The lowest BCUT2D eigenvalue weighted by Crippen LogP contribution is -2.50. The van der Waals surface area contributed by atoms with Crippen LogP contribution in [0.15, 0.2) is 66.7 Å². The Hall–Kier alpha value is -3.00. The second-order valence-electron chi connectivity index (χ2n) is 8.64. The summed E-state index contributed by atoms with van der Waals surface area (Å²) < 4.78 is 34.3. The lowest BCUT2D eigenvalue weighted by atomic mass is 10.1. The molecule has 1 atom stereocenters. The minimum absolute atomic E-state index is 0.0934. The number of ether oxygens (including phenoxy) is 1. The van der Waals surface area contributed by atoms with Gasteiger partial charge in [-0.15, -0.1) is 0 Å². The van der Waals surface area contributed by atoms with E-state index in [2.05, 4.69) is 10.2 Å². The molecule has 0 radical (unpaired) electrons. The van der Waals surface area contributed by atoms with Crippen molar-refractivity contribution in [2.45, 2.75) is 19.6 Å². The third kappa shape index (κ3) is 6.78. The number of urea groups is 1. The zero-order valence-electron chi connectivity index (χ0n) is 19.5. The van der Waals surface area contributed by atoms with Crippen molar-refractivity contribution < 1.29 is 18.3 Å². The van der Waals surface area contributed by atoms with Gasteiger partial charge in [-0.2, -0.15) is 0 Å². The number of nitrogens with zero attached hydrogens (tertiary/aromatic N) is 2. The highest BCUT2D eigenvalue weighted by Gasteiger charge is 2.25. The molecule has 1 fully saturated rings. The number of rotatable bonds is 7. The number of aryl methyl sites for hydroxylation is 1. The molecule has 35 heavy (non-hydrogen) atoms. The molecule has 8 heteroatoms. The fourth-order valence-electron chi connectivity index (χ4n) is 4.08. The maximum atomic E-state index is 14.1. The van der Waals surface area contributed by atoms with Gasteiger partial charge in [-0.1, -0.05) is 41.9 Å². The van der Waals surface area contributed by atoms with Crippen molar-refractivity contribution in [3.63, 3.8) is 0 Å². The normalized spacial score (nSPS) is 15.1. The number of amides is 2. The smallest absolute Gasteiger partial charge is 0.321 e. The summed E-state index contributed by atoms with van der Waals surface area (Å²) in [5.74, 6) is -1.26. The van der Waals surface area contributed by atoms with Gasteiger partial charge in [0, 0.05) is 49.0 Å². The number of halogens is 3. The SMILES string of the molecule is Cc1cccc(NC(=O)N2CCN(C[C@H](OCc3c(F)cccc3F)c3ccc(Cl)cc3)CC2)c1. The highest BCUT2D eigenvalue weighted by molar-refractivity contribution is 6.30.